The van der Waals surface area contributed by atoms with Crippen molar-refractivity contribution in [3.63, 3.8) is 0 Å². The normalized spacial score (nSPS) is 15.3. The van der Waals surface area contributed by atoms with E-state index in [2.05, 4.69) is 0 Å². The Labute approximate surface area is 79.8 Å². The molecule has 0 aromatic rings. The van der Waals surface area contributed by atoms with Gasteiger partial charge in [0.1, 0.15) is 0 Å². The first-order chi connectivity index (χ1) is 6.10. The van der Waals surface area contributed by atoms with Crippen molar-refractivity contribution in [2.75, 3.05) is 0 Å². The van der Waals surface area contributed by atoms with Crippen LogP contribution in [0.3, 0.4) is 0 Å². The lowest BCUT2D eigenvalue weighted by Crippen LogP contribution is -2.11. The van der Waals surface area contributed by atoms with E-state index in [1.165, 1.54) is 0 Å². The van der Waals surface area contributed by atoms with Crippen molar-refractivity contribution in [3.05, 3.63) is 0 Å². The molecule has 0 aromatic carbocycles. The fourth-order valence-electron chi connectivity index (χ4n) is 1.33. The van der Waals surface area contributed by atoms with Crippen molar-refractivity contribution in [1.82, 2.24) is 0 Å². The molecule has 3 nitrogen and oxygen atoms in total. The fourth-order valence-corrected chi connectivity index (χ4v) is 1.33. The smallest absolute Gasteiger partial charge is 0.303 e. The quantitative estimate of drug-likeness (QED) is 0.642. The molecule has 0 aliphatic heterocycles. The highest BCUT2D eigenvalue weighted by Crippen LogP contribution is 2.17. The molecule has 0 radical (unpaired) electrons. The van der Waals surface area contributed by atoms with Crippen molar-refractivity contribution in [2.24, 2.45) is 5.92 Å². The largest absolute Gasteiger partial charge is 0.481 e. The van der Waals surface area contributed by atoms with Crippen LogP contribution in [0.25, 0.3) is 0 Å². The molecule has 2 atom stereocenters. The number of aliphatic hydroxyl groups is 1. The van der Waals surface area contributed by atoms with E-state index >= 15 is 0 Å². The zero-order valence-electron chi connectivity index (χ0n) is 8.49. The minimum atomic E-state index is -0.738. The molecule has 0 saturated carbocycles. The van der Waals surface area contributed by atoms with E-state index < -0.39 is 5.97 Å². The predicted octanol–water partition coefficient (Wildman–Crippen LogP) is 2.04. The zero-order valence-corrected chi connectivity index (χ0v) is 8.49. The highest BCUT2D eigenvalue weighted by molar-refractivity contribution is 5.66. The van der Waals surface area contributed by atoms with Gasteiger partial charge in [-0.1, -0.05) is 20.3 Å². The summed E-state index contributed by atoms with van der Waals surface area (Å²) >= 11 is 0. The van der Waals surface area contributed by atoms with Gasteiger partial charge in [-0.3, -0.25) is 4.79 Å². The number of hydrogen-bond donors (Lipinski definition) is 2. The van der Waals surface area contributed by atoms with Gasteiger partial charge in [-0.2, -0.15) is 0 Å². The van der Waals surface area contributed by atoms with E-state index in [4.69, 9.17) is 5.11 Å². The Morgan fingerprint density at radius 3 is 2.23 bits per heavy atom. The molecule has 0 amide bonds. The molecule has 0 spiro atoms. The van der Waals surface area contributed by atoms with E-state index in [-0.39, 0.29) is 18.4 Å². The van der Waals surface area contributed by atoms with E-state index in [0.717, 1.165) is 25.7 Å². The molecule has 78 valence electrons. The Kier molecular flexibility index (Phi) is 6.59. The van der Waals surface area contributed by atoms with Crippen LogP contribution in [0.15, 0.2) is 0 Å². The number of carboxylic acid groups (broad SMARTS) is 1. The standard InChI is InChI=1S/C10H20O3/c1-3-8(7-10(12)13)5-6-9(11)4-2/h8-9,11H,3-7H2,1-2H3,(H,12,13). The second-order valence-electron chi connectivity index (χ2n) is 3.51. The summed E-state index contributed by atoms with van der Waals surface area (Å²) in [6.45, 7) is 3.93. The number of rotatable bonds is 7. The minimum absolute atomic E-state index is 0.221. The van der Waals surface area contributed by atoms with Crippen LogP contribution in [-0.2, 0) is 4.79 Å². The van der Waals surface area contributed by atoms with Gasteiger partial charge in [-0.05, 0) is 25.2 Å². The van der Waals surface area contributed by atoms with E-state index in [0.29, 0.717) is 0 Å². The maximum absolute atomic E-state index is 10.4. The molecular weight excluding hydrogens is 168 g/mol. The van der Waals surface area contributed by atoms with Crippen LogP contribution in [0.1, 0.15) is 46.0 Å². The molecule has 2 unspecified atom stereocenters. The lowest BCUT2D eigenvalue weighted by molar-refractivity contribution is -0.138. The van der Waals surface area contributed by atoms with Crippen molar-refractivity contribution < 1.29 is 15.0 Å². The fraction of sp³-hybridized carbons (Fsp3) is 0.900. The first kappa shape index (κ1) is 12.4. The molecule has 0 bridgehead atoms. The van der Waals surface area contributed by atoms with E-state index in [1.807, 2.05) is 13.8 Å². The molecule has 0 heterocycles. The number of aliphatic hydroxyl groups excluding tert-OH is 1. The molecule has 0 fully saturated rings. The third-order valence-electron chi connectivity index (χ3n) is 2.42. The molecule has 2 N–H and O–H groups in total. The van der Waals surface area contributed by atoms with Crippen molar-refractivity contribution in [3.8, 4) is 0 Å². The van der Waals surface area contributed by atoms with E-state index in [1.54, 1.807) is 0 Å². The molecule has 0 aliphatic rings. The third kappa shape index (κ3) is 6.58. The van der Waals surface area contributed by atoms with Crippen LogP contribution in [0.2, 0.25) is 0 Å². The molecule has 0 aromatic heterocycles. The zero-order chi connectivity index (χ0) is 10.3. The van der Waals surface area contributed by atoms with Crippen LogP contribution < -0.4 is 0 Å². The summed E-state index contributed by atoms with van der Waals surface area (Å²) in [5.41, 5.74) is 0. The summed E-state index contributed by atoms with van der Waals surface area (Å²) in [4.78, 5) is 10.4. The number of hydrogen-bond acceptors (Lipinski definition) is 2. The lowest BCUT2D eigenvalue weighted by atomic mass is 9.94. The van der Waals surface area contributed by atoms with Gasteiger partial charge in [0.15, 0.2) is 0 Å². The average Bonchev–Trinajstić information content (AvgIpc) is 2.10. The van der Waals surface area contributed by atoms with Gasteiger partial charge < -0.3 is 10.2 Å². The molecule has 0 saturated heterocycles. The summed E-state index contributed by atoms with van der Waals surface area (Å²) in [5.74, 6) is -0.517. The molecular formula is C10H20O3. The molecule has 0 aliphatic carbocycles. The predicted molar refractivity (Wildman–Crippen MR) is 51.6 cm³/mol. The molecule has 0 rings (SSSR count). The van der Waals surface area contributed by atoms with Gasteiger partial charge in [0.2, 0.25) is 0 Å². The Morgan fingerprint density at radius 1 is 1.23 bits per heavy atom. The van der Waals surface area contributed by atoms with Gasteiger partial charge in [-0.15, -0.1) is 0 Å². The SMILES string of the molecule is CCC(O)CCC(CC)CC(=O)O. The Morgan fingerprint density at radius 2 is 1.85 bits per heavy atom. The summed E-state index contributed by atoms with van der Waals surface area (Å²) in [6, 6.07) is 0. The van der Waals surface area contributed by atoms with Crippen molar-refractivity contribution >= 4 is 5.97 Å². The summed E-state index contributed by atoms with van der Waals surface area (Å²) in [7, 11) is 0. The number of carboxylic acids is 1. The van der Waals surface area contributed by atoms with Crippen LogP contribution in [-0.4, -0.2) is 22.3 Å². The highest BCUT2D eigenvalue weighted by atomic mass is 16.4. The molecule has 3 heteroatoms. The van der Waals surface area contributed by atoms with Crippen LogP contribution in [0.5, 0.6) is 0 Å². The topological polar surface area (TPSA) is 57.5 Å². The summed E-state index contributed by atoms with van der Waals surface area (Å²) in [6.07, 6.45) is 3.14. The first-order valence-electron chi connectivity index (χ1n) is 4.99. The van der Waals surface area contributed by atoms with Gasteiger partial charge in [0.05, 0.1) is 6.10 Å². The second-order valence-corrected chi connectivity index (χ2v) is 3.51. The maximum atomic E-state index is 10.4. The molecule has 13 heavy (non-hydrogen) atoms. The number of carbonyl (C=O) groups is 1. The highest BCUT2D eigenvalue weighted by Gasteiger charge is 2.12. The van der Waals surface area contributed by atoms with Gasteiger partial charge in [0.25, 0.3) is 0 Å². The Bertz CT molecular complexity index is 145. The lowest BCUT2D eigenvalue weighted by Gasteiger charge is -2.14. The van der Waals surface area contributed by atoms with Gasteiger partial charge >= 0.3 is 5.97 Å². The minimum Gasteiger partial charge on any atom is -0.481 e. The van der Waals surface area contributed by atoms with Gasteiger partial charge in [0, 0.05) is 6.42 Å². The Balaban J connectivity index is 3.65. The average molecular weight is 188 g/mol. The van der Waals surface area contributed by atoms with Crippen molar-refractivity contribution in [2.45, 2.75) is 52.1 Å². The van der Waals surface area contributed by atoms with E-state index in [9.17, 15) is 9.90 Å². The summed E-state index contributed by atoms with van der Waals surface area (Å²) < 4.78 is 0. The number of aliphatic carboxylic acids is 1. The second kappa shape index (κ2) is 6.89. The first-order valence-corrected chi connectivity index (χ1v) is 4.99. The van der Waals surface area contributed by atoms with Crippen molar-refractivity contribution in [1.29, 1.82) is 0 Å². The van der Waals surface area contributed by atoms with Gasteiger partial charge in [-0.25, -0.2) is 0 Å². The van der Waals surface area contributed by atoms with Crippen LogP contribution in [0, 0.1) is 5.92 Å². The van der Waals surface area contributed by atoms with Crippen LogP contribution >= 0.6 is 0 Å². The maximum Gasteiger partial charge on any atom is 0.303 e. The van der Waals surface area contributed by atoms with Crippen LogP contribution in [0.4, 0.5) is 0 Å². The Hall–Kier alpha value is -0.570. The summed E-state index contributed by atoms with van der Waals surface area (Å²) in [5, 5.41) is 17.9. The third-order valence-corrected chi connectivity index (χ3v) is 2.42. The monoisotopic (exact) mass is 188 g/mol.